The Hall–Kier alpha value is -2.93. The number of hydrogen-bond acceptors (Lipinski definition) is 4. The number of para-hydroxylation sites is 1. The first-order valence-electron chi connectivity index (χ1n) is 11.1. The number of carbonyl (C=O) groups excluding carboxylic acids is 2. The molecule has 1 fully saturated rings. The zero-order chi connectivity index (χ0) is 23.1. The molecule has 2 N–H and O–H groups in total. The van der Waals surface area contributed by atoms with Gasteiger partial charge in [-0.05, 0) is 50.0 Å². The molecule has 1 aliphatic rings. The summed E-state index contributed by atoms with van der Waals surface area (Å²) in [5, 5.41) is 5.72. The van der Waals surface area contributed by atoms with Gasteiger partial charge in [0.2, 0.25) is 5.91 Å². The minimum atomic E-state index is -0.779. The maximum atomic E-state index is 14.0. The fourth-order valence-corrected chi connectivity index (χ4v) is 4.14. The molecule has 2 aromatic carbocycles. The van der Waals surface area contributed by atoms with Crippen LogP contribution >= 0.6 is 0 Å². The molecule has 0 saturated carbocycles. The summed E-state index contributed by atoms with van der Waals surface area (Å²) in [4.78, 5) is 28.0. The maximum Gasteiger partial charge on any atom is 0.254 e. The van der Waals surface area contributed by atoms with Gasteiger partial charge < -0.3 is 15.4 Å². The second kappa shape index (κ2) is 11.1. The highest BCUT2D eigenvalue weighted by Gasteiger charge is 2.29. The third kappa shape index (κ3) is 5.65. The Morgan fingerprint density at radius 2 is 1.72 bits per heavy atom. The number of rotatable bonds is 9. The largest absolute Gasteiger partial charge is 0.496 e. The van der Waals surface area contributed by atoms with E-state index in [9.17, 15) is 14.0 Å². The van der Waals surface area contributed by atoms with E-state index in [-0.39, 0.29) is 23.4 Å². The molecule has 0 aliphatic carbocycles. The lowest BCUT2D eigenvalue weighted by atomic mass is 10.0. The summed E-state index contributed by atoms with van der Waals surface area (Å²) >= 11 is 0. The molecule has 7 heteroatoms. The molecule has 2 atom stereocenters. The summed E-state index contributed by atoms with van der Waals surface area (Å²) in [5.74, 6) is -0.881. The van der Waals surface area contributed by atoms with Crippen molar-refractivity contribution < 1.29 is 18.7 Å². The molecule has 0 unspecified atom stereocenters. The molecule has 3 rings (SSSR count). The highest BCUT2D eigenvalue weighted by molar-refractivity contribution is 5.97. The van der Waals surface area contributed by atoms with E-state index in [1.54, 1.807) is 13.2 Å². The van der Waals surface area contributed by atoms with Crippen LogP contribution in [0.5, 0.6) is 5.75 Å². The Morgan fingerprint density at radius 3 is 2.38 bits per heavy atom. The van der Waals surface area contributed by atoms with Crippen LogP contribution in [0.4, 0.5) is 4.39 Å². The molecular formula is C25H32FN3O3. The highest BCUT2D eigenvalue weighted by atomic mass is 19.1. The number of ether oxygens (including phenoxy) is 1. The Kier molecular flexibility index (Phi) is 8.22. The molecule has 0 bridgehead atoms. The Balaban J connectivity index is 1.73. The summed E-state index contributed by atoms with van der Waals surface area (Å²) in [6, 6.07) is 12.8. The zero-order valence-electron chi connectivity index (χ0n) is 18.9. The lowest BCUT2D eigenvalue weighted by molar-refractivity contribution is -0.124. The van der Waals surface area contributed by atoms with Gasteiger partial charge in [0.15, 0.2) is 0 Å². The SMILES string of the molecule is COc1ccccc1[C@@H](CNC(=O)[C@@H](NC(=O)c1ccccc1F)C(C)C)N1CCCC1. The van der Waals surface area contributed by atoms with Crippen molar-refractivity contribution in [2.24, 2.45) is 5.92 Å². The fourth-order valence-electron chi connectivity index (χ4n) is 4.14. The van der Waals surface area contributed by atoms with Crippen molar-refractivity contribution in [2.45, 2.75) is 38.8 Å². The molecule has 6 nitrogen and oxygen atoms in total. The number of benzene rings is 2. The summed E-state index contributed by atoms with van der Waals surface area (Å²) in [6.45, 7) is 6.00. The summed E-state index contributed by atoms with van der Waals surface area (Å²) in [7, 11) is 1.64. The predicted octanol–water partition coefficient (Wildman–Crippen LogP) is 3.54. The minimum absolute atomic E-state index is 0.0346. The zero-order valence-corrected chi connectivity index (χ0v) is 18.9. The summed E-state index contributed by atoms with van der Waals surface area (Å²) < 4.78 is 19.6. The van der Waals surface area contributed by atoms with Crippen molar-refractivity contribution in [1.82, 2.24) is 15.5 Å². The number of amides is 2. The van der Waals surface area contributed by atoms with Crippen LogP contribution in [0.25, 0.3) is 0 Å². The van der Waals surface area contributed by atoms with Gasteiger partial charge in [0.1, 0.15) is 17.6 Å². The van der Waals surface area contributed by atoms with Gasteiger partial charge in [0.25, 0.3) is 5.91 Å². The second-order valence-corrected chi connectivity index (χ2v) is 8.42. The van der Waals surface area contributed by atoms with Gasteiger partial charge in [-0.1, -0.05) is 44.2 Å². The molecule has 0 spiro atoms. The summed E-state index contributed by atoms with van der Waals surface area (Å²) in [5.41, 5.74) is 0.948. The van der Waals surface area contributed by atoms with Crippen molar-refractivity contribution >= 4 is 11.8 Å². The number of halogens is 1. The van der Waals surface area contributed by atoms with Crippen molar-refractivity contribution in [1.29, 1.82) is 0 Å². The topological polar surface area (TPSA) is 70.7 Å². The van der Waals surface area contributed by atoms with Gasteiger partial charge in [-0.15, -0.1) is 0 Å². The van der Waals surface area contributed by atoms with E-state index in [0.717, 1.165) is 37.2 Å². The van der Waals surface area contributed by atoms with Gasteiger partial charge in [0, 0.05) is 12.1 Å². The second-order valence-electron chi connectivity index (χ2n) is 8.42. The maximum absolute atomic E-state index is 14.0. The van der Waals surface area contributed by atoms with Crippen LogP contribution in [0.1, 0.15) is 48.7 Å². The molecule has 1 aliphatic heterocycles. The number of methoxy groups -OCH3 is 1. The van der Waals surface area contributed by atoms with Crippen molar-refractivity contribution in [3.8, 4) is 5.75 Å². The number of nitrogens with zero attached hydrogens (tertiary/aromatic N) is 1. The Bertz CT molecular complexity index is 928. The number of hydrogen-bond donors (Lipinski definition) is 2. The van der Waals surface area contributed by atoms with Gasteiger partial charge in [-0.25, -0.2) is 4.39 Å². The van der Waals surface area contributed by atoms with Crippen LogP contribution in [0.15, 0.2) is 48.5 Å². The van der Waals surface area contributed by atoms with Crippen molar-refractivity contribution in [2.75, 3.05) is 26.7 Å². The van der Waals surface area contributed by atoms with Crippen molar-refractivity contribution in [3.63, 3.8) is 0 Å². The van der Waals surface area contributed by atoms with E-state index in [0.29, 0.717) is 6.54 Å². The smallest absolute Gasteiger partial charge is 0.254 e. The monoisotopic (exact) mass is 441 g/mol. The lowest BCUT2D eigenvalue weighted by Gasteiger charge is -2.30. The first-order valence-corrected chi connectivity index (χ1v) is 11.1. The fraction of sp³-hybridized carbons (Fsp3) is 0.440. The van der Waals surface area contributed by atoms with Gasteiger partial charge in [-0.2, -0.15) is 0 Å². The van der Waals surface area contributed by atoms with Gasteiger partial charge in [-0.3, -0.25) is 14.5 Å². The van der Waals surface area contributed by atoms with Crippen LogP contribution in [0.2, 0.25) is 0 Å². The average molecular weight is 442 g/mol. The first-order chi connectivity index (χ1) is 15.4. The van der Waals surface area contributed by atoms with E-state index in [2.05, 4.69) is 15.5 Å². The minimum Gasteiger partial charge on any atom is -0.496 e. The predicted molar refractivity (Wildman–Crippen MR) is 122 cm³/mol. The van der Waals surface area contributed by atoms with E-state index in [1.807, 2.05) is 38.1 Å². The lowest BCUT2D eigenvalue weighted by Crippen LogP contribution is -2.51. The average Bonchev–Trinajstić information content (AvgIpc) is 3.32. The van der Waals surface area contributed by atoms with Gasteiger partial charge >= 0.3 is 0 Å². The highest BCUT2D eigenvalue weighted by Crippen LogP contribution is 2.31. The Morgan fingerprint density at radius 1 is 1.06 bits per heavy atom. The van der Waals surface area contributed by atoms with Crippen LogP contribution < -0.4 is 15.4 Å². The van der Waals surface area contributed by atoms with Crippen LogP contribution in [-0.2, 0) is 4.79 Å². The summed E-state index contributed by atoms with van der Waals surface area (Å²) in [6.07, 6.45) is 2.24. The molecule has 1 heterocycles. The molecule has 2 amide bonds. The molecule has 0 radical (unpaired) electrons. The van der Waals surface area contributed by atoms with E-state index in [4.69, 9.17) is 4.74 Å². The quantitative estimate of drug-likeness (QED) is 0.625. The third-order valence-corrected chi connectivity index (χ3v) is 5.90. The normalized spacial score (nSPS) is 15.9. The Labute approximate surface area is 189 Å². The molecule has 1 saturated heterocycles. The first kappa shape index (κ1) is 23.7. The van der Waals surface area contributed by atoms with Gasteiger partial charge in [0.05, 0.1) is 18.7 Å². The van der Waals surface area contributed by atoms with E-state index in [1.165, 1.54) is 18.2 Å². The van der Waals surface area contributed by atoms with Crippen LogP contribution in [-0.4, -0.2) is 49.5 Å². The van der Waals surface area contributed by atoms with E-state index < -0.39 is 17.8 Å². The van der Waals surface area contributed by atoms with Crippen molar-refractivity contribution in [3.05, 3.63) is 65.5 Å². The molecule has 32 heavy (non-hydrogen) atoms. The standard InChI is InChI=1S/C25H32FN3O3/c1-17(2)23(28-24(30)18-10-4-6-12-20(18)26)25(31)27-16-21(29-14-8-9-15-29)19-11-5-7-13-22(19)32-3/h4-7,10-13,17,21,23H,8-9,14-16H2,1-3H3,(H,27,31)(H,28,30)/t21-,23+/m1/s1. The molecule has 0 aromatic heterocycles. The van der Waals surface area contributed by atoms with Crippen LogP contribution in [0, 0.1) is 11.7 Å². The number of carbonyl (C=O) groups is 2. The number of likely N-dealkylation sites (tertiary alicyclic amines) is 1. The van der Waals surface area contributed by atoms with Crippen LogP contribution in [0.3, 0.4) is 0 Å². The molecular weight excluding hydrogens is 409 g/mol. The number of nitrogens with one attached hydrogen (secondary N) is 2. The molecule has 172 valence electrons. The van der Waals surface area contributed by atoms with E-state index >= 15 is 0 Å². The molecule has 2 aromatic rings. The third-order valence-electron chi connectivity index (χ3n) is 5.90.